The maximum absolute atomic E-state index is 3.68. The van der Waals surface area contributed by atoms with Crippen LogP contribution in [0.2, 0.25) is 0 Å². The zero-order valence-corrected chi connectivity index (χ0v) is 12.8. The Morgan fingerprint density at radius 1 is 1.11 bits per heavy atom. The summed E-state index contributed by atoms with van der Waals surface area (Å²) in [6, 6.07) is 9.61. The van der Waals surface area contributed by atoms with E-state index in [1.165, 1.54) is 30.5 Å². The Bertz CT molecular complexity index is 389. The molecule has 0 bridgehead atoms. The summed E-state index contributed by atoms with van der Waals surface area (Å²) in [5.41, 5.74) is 2.91. The summed E-state index contributed by atoms with van der Waals surface area (Å²) in [6.07, 6.45) is 3.94. The van der Waals surface area contributed by atoms with Gasteiger partial charge < -0.3 is 10.6 Å². The number of nitrogens with one attached hydrogen (secondary N) is 2. The average molecular weight is 260 g/mol. The molecular weight excluding hydrogens is 232 g/mol. The van der Waals surface area contributed by atoms with E-state index in [9.17, 15) is 0 Å². The topological polar surface area (TPSA) is 24.1 Å². The zero-order chi connectivity index (χ0) is 13.9. The minimum atomic E-state index is 0.240. The summed E-state index contributed by atoms with van der Waals surface area (Å²) in [4.78, 5) is 0. The van der Waals surface area contributed by atoms with Crippen LogP contribution in [0.3, 0.4) is 0 Å². The molecule has 0 spiro atoms. The molecule has 19 heavy (non-hydrogen) atoms. The third-order valence-corrected chi connectivity index (χ3v) is 4.16. The van der Waals surface area contributed by atoms with Gasteiger partial charge in [-0.15, -0.1) is 0 Å². The number of anilines is 1. The van der Waals surface area contributed by atoms with Crippen molar-refractivity contribution in [1.82, 2.24) is 5.32 Å². The van der Waals surface area contributed by atoms with Gasteiger partial charge in [0.05, 0.1) is 0 Å². The van der Waals surface area contributed by atoms with Gasteiger partial charge in [-0.3, -0.25) is 0 Å². The van der Waals surface area contributed by atoms with Crippen molar-refractivity contribution in [3.63, 3.8) is 0 Å². The highest BCUT2D eigenvalue weighted by Crippen LogP contribution is 2.29. The highest BCUT2D eigenvalue weighted by atomic mass is 14.9. The van der Waals surface area contributed by atoms with E-state index in [1.54, 1.807) is 0 Å². The molecule has 0 radical (unpaired) electrons. The first-order valence-electron chi connectivity index (χ1n) is 7.50. The molecule has 0 aromatic heterocycles. The molecule has 0 saturated heterocycles. The third-order valence-electron chi connectivity index (χ3n) is 4.16. The molecule has 1 aromatic carbocycles. The Balaban J connectivity index is 1.90. The number of rotatable bonds is 4. The fraction of sp³-hybridized carbons (Fsp3) is 0.647. The minimum absolute atomic E-state index is 0.240. The van der Waals surface area contributed by atoms with Crippen LogP contribution in [0.4, 0.5) is 5.69 Å². The average Bonchev–Trinajstić information content (AvgIpc) is 2.77. The Morgan fingerprint density at radius 2 is 1.79 bits per heavy atom. The van der Waals surface area contributed by atoms with Crippen molar-refractivity contribution in [2.45, 2.75) is 51.5 Å². The van der Waals surface area contributed by atoms with Crippen LogP contribution in [0.25, 0.3) is 0 Å². The van der Waals surface area contributed by atoms with Crippen molar-refractivity contribution in [1.29, 1.82) is 0 Å². The van der Waals surface area contributed by atoms with Crippen molar-refractivity contribution in [3.8, 4) is 0 Å². The van der Waals surface area contributed by atoms with Crippen molar-refractivity contribution in [3.05, 3.63) is 29.8 Å². The first-order chi connectivity index (χ1) is 8.99. The second-order valence-electron chi connectivity index (χ2n) is 6.91. The van der Waals surface area contributed by atoms with Crippen LogP contribution >= 0.6 is 0 Å². The van der Waals surface area contributed by atoms with E-state index in [0.717, 1.165) is 12.5 Å². The molecule has 0 heterocycles. The summed E-state index contributed by atoms with van der Waals surface area (Å²) in [6.45, 7) is 7.93. The second kappa shape index (κ2) is 5.96. The van der Waals surface area contributed by atoms with Crippen LogP contribution in [0.5, 0.6) is 0 Å². The van der Waals surface area contributed by atoms with Crippen LogP contribution in [0, 0.1) is 5.92 Å². The van der Waals surface area contributed by atoms with Gasteiger partial charge in [0.1, 0.15) is 0 Å². The number of benzene rings is 1. The highest BCUT2D eigenvalue weighted by molar-refractivity contribution is 5.46. The summed E-state index contributed by atoms with van der Waals surface area (Å²) in [5.74, 6) is 0.844. The summed E-state index contributed by atoms with van der Waals surface area (Å²) in [5, 5.41) is 6.97. The van der Waals surface area contributed by atoms with Gasteiger partial charge in [-0.25, -0.2) is 0 Å². The maximum atomic E-state index is 3.68. The Hall–Kier alpha value is -1.02. The minimum Gasteiger partial charge on any atom is -0.382 e. The molecule has 2 N–H and O–H groups in total. The quantitative estimate of drug-likeness (QED) is 0.861. The van der Waals surface area contributed by atoms with E-state index in [-0.39, 0.29) is 5.41 Å². The number of hydrogen-bond acceptors (Lipinski definition) is 2. The molecule has 2 atom stereocenters. The van der Waals surface area contributed by atoms with Crippen molar-refractivity contribution < 1.29 is 0 Å². The molecule has 1 fully saturated rings. The largest absolute Gasteiger partial charge is 0.382 e. The van der Waals surface area contributed by atoms with Crippen LogP contribution in [0.15, 0.2) is 24.3 Å². The lowest BCUT2D eigenvalue weighted by molar-refractivity contribution is 0.511. The van der Waals surface area contributed by atoms with E-state index in [2.05, 4.69) is 55.7 Å². The molecule has 106 valence electrons. The van der Waals surface area contributed by atoms with E-state index in [0.29, 0.717) is 6.04 Å². The molecule has 1 aliphatic carbocycles. The summed E-state index contributed by atoms with van der Waals surface area (Å²) < 4.78 is 0. The standard InChI is InChI=1S/C17H28N2/c1-17(2,3)14-6-9-15(10-7-14)19-16-8-5-13(11-16)12-18-4/h6-7,9-10,13,16,18-19H,5,8,11-12H2,1-4H3. The van der Waals surface area contributed by atoms with Gasteiger partial charge in [-0.05, 0) is 61.9 Å². The predicted octanol–water partition coefficient (Wildman–Crippen LogP) is 3.78. The lowest BCUT2D eigenvalue weighted by Crippen LogP contribution is -2.20. The fourth-order valence-electron chi connectivity index (χ4n) is 2.98. The van der Waals surface area contributed by atoms with Gasteiger partial charge in [0, 0.05) is 11.7 Å². The molecule has 0 amide bonds. The molecule has 2 heteroatoms. The van der Waals surface area contributed by atoms with Crippen molar-refractivity contribution >= 4 is 5.69 Å². The Kier molecular flexibility index (Phi) is 4.51. The first kappa shape index (κ1) is 14.4. The van der Waals surface area contributed by atoms with Crippen LogP contribution in [-0.4, -0.2) is 19.6 Å². The van der Waals surface area contributed by atoms with Crippen LogP contribution in [0.1, 0.15) is 45.6 Å². The molecule has 2 rings (SSSR count). The molecule has 1 aliphatic rings. The zero-order valence-electron chi connectivity index (χ0n) is 12.8. The van der Waals surface area contributed by atoms with E-state index in [4.69, 9.17) is 0 Å². The fourth-order valence-corrected chi connectivity index (χ4v) is 2.98. The normalized spacial score (nSPS) is 23.6. The van der Waals surface area contributed by atoms with Crippen molar-refractivity contribution in [2.75, 3.05) is 18.9 Å². The molecule has 1 aromatic rings. The van der Waals surface area contributed by atoms with Gasteiger partial charge in [-0.1, -0.05) is 32.9 Å². The monoisotopic (exact) mass is 260 g/mol. The summed E-state index contributed by atoms with van der Waals surface area (Å²) in [7, 11) is 2.05. The lowest BCUT2D eigenvalue weighted by Gasteiger charge is -2.20. The lowest BCUT2D eigenvalue weighted by atomic mass is 9.87. The smallest absolute Gasteiger partial charge is 0.0342 e. The SMILES string of the molecule is CNCC1CCC(Nc2ccc(C(C)(C)C)cc2)C1. The Labute approximate surface area is 118 Å². The van der Waals surface area contributed by atoms with Gasteiger partial charge in [0.25, 0.3) is 0 Å². The van der Waals surface area contributed by atoms with E-state index >= 15 is 0 Å². The van der Waals surface area contributed by atoms with Gasteiger partial charge in [0.2, 0.25) is 0 Å². The van der Waals surface area contributed by atoms with E-state index in [1.807, 2.05) is 7.05 Å². The predicted molar refractivity (Wildman–Crippen MR) is 83.8 cm³/mol. The van der Waals surface area contributed by atoms with Crippen LogP contribution in [-0.2, 0) is 5.41 Å². The maximum Gasteiger partial charge on any atom is 0.0342 e. The molecule has 2 nitrogen and oxygen atoms in total. The van der Waals surface area contributed by atoms with Gasteiger partial charge in [-0.2, -0.15) is 0 Å². The highest BCUT2D eigenvalue weighted by Gasteiger charge is 2.23. The molecule has 2 unspecified atom stereocenters. The third kappa shape index (κ3) is 3.97. The van der Waals surface area contributed by atoms with Crippen LogP contribution < -0.4 is 10.6 Å². The van der Waals surface area contributed by atoms with E-state index < -0.39 is 0 Å². The van der Waals surface area contributed by atoms with Gasteiger partial charge in [0.15, 0.2) is 0 Å². The Morgan fingerprint density at radius 3 is 2.37 bits per heavy atom. The molecule has 0 aliphatic heterocycles. The number of hydrogen-bond donors (Lipinski definition) is 2. The molecule has 1 saturated carbocycles. The van der Waals surface area contributed by atoms with Crippen molar-refractivity contribution in [2.24, 2.45) is 5.92 Å². The first-order valence-corrected chi connectivity index (χ1v) is 7.50. The summed E-state index contributed by atoms with van der Waals surface area (Å²) >= 11 is 0. The molecular formula is C17H28N2. The second-order valence-corrected chi connectivity index (χ2v) is 6.91. The van der Waals surface area contributed by atoms with Gasteiger partial charge >= 0.3 is 0 Å².